The number of nitrogens with zero attached hydrogens (tertiary/aromatic N) is 2. The normalized spacial score (nSPS) is 10.0. The fourth-order valence-electron chi connectivity index (χ4n) is 2.80. The summed E-state index contributed by atoms with van der Waals surface area (Å²) in [6.45, 7) is 5.63. The number of esters is 2. The molecule has 0 spiro atoms. The number of carbonyl (C=O) groups is 2. The zero-order valence-electron chi connectivity index (χ0n) is 16.9. The first-order valence-electron chi connectivity index (χ1n) is 8.87. The van der Waals surface area contributed by atoms with Crippen LogP contribution < -0.4 is 35.0 Å². The molecule has 0 unspecified atom stereocenters. The van der Waals surface area contributed by atoms with E-state index in [1.807, 2.05) is 6.92 Å². The number of fused-ring (bicyclic) bond motifs is 1. The Morgan fingerprint density at radius 2 is 1.86 bits per heavy atom. The van der Waals surface area contributed by atoms with Gasteiger partial charge >= 0.3 is 35.5 Å². The summed E-state index contributed by atoms with van der Waals surface area (Å²) >= 11 is 0. The Hall–Kier alpha value is -2.34. The van der Waals surface area contributed by atoms with E-state index in [2.05, 4.69) is 0 Å². The Morgan fingerprint density at radius 1 is 1.21 bits per heavy atom. The van der Waals surface area contributed by atoms with Crippen molar-refractivity contribution in [2.24, 2.45) is 0 Å². The predicted molar refractivity (Wildman–Crippen MR) is 99.0 cm³/mol. The van der Waals surface area contributed by atoms with E-state index in [1.165, 1.54) is 12.3 Å². The van der Waals surface area contributed by atoms with Gasteiger partial charge in [0.15, 0.2) is 0 Å². The van der Waals surface area contributed by atoms with E-state index >= 15 is 0 Å². The standard InChI is InChI=1S/C20H20FN2O5.Na/c1-4-7-23-11-15(20(26)28-6-3)18(24)13-8-16(21)12(9-17(13)23)14(10-22)19(25)27-5-2;/h8-9,11H,4-7H2,1-3H3;/q-1;+1. The van der Waals surface area contributed by atoms with Crippen LogP contribution in [0.5, 0.6) is 0 Å². The molecule has 0 aliphatic carbocycles. The van der Waals surface area contributed by atoms with Crippen molar-refractivity contribution in [1.82, 2.24) is 4.57 Å². The van der Waals surface area contributed by atoms with Crippen LogP contribution in [0.4, 0.5) is 4.39 Å². The first-order valence-corrected chi connectivity index (χ1v) is 8.87. The largest absolute Gasteiger partial charge is 1.00 e. The molecule has 0 N–H and O–H groups in total. The number of aryl methyl sites for hydroxylation is 1. The molecule has 9 heteroatoms. The van der Waals surface area contributed by atoms with Crippen molar-refractivity contribution in [3.8, 4) is 6.07 Å². The van der Waals surface area contributed by atoms with Gasteiger partial charge in [-0.1, -0.05) is 13.0 Å². The minimum absolute atomic E-state index is 0. The molecule has 2 rings (SSSR count). The molecule has 0 aliphatic heterocycles. The number of benzene rings is 1. The molecule has 0 radical (unpaired) electrons. The summed E-state index contributed by atoms with van der Waals surface area (Å²) in [4.78, 5) is 36.8. The molecule has 148 valence electrons. The Morgan fingerprint density at radius 3 is 2.41 bits per heavy atom. The van der Waals surface area contributed by atoms with Gasteiger partial charge in [0.2, 0.25) is 5.43 Å². The number of pyridine rings is 1. The molecule has 0 amide bonds. The molecule has 1 aromatic heterocycles. The number of carbonyl (C=O) groups excluding carboxylic acids is 2. The van der Waals surface area contributed by atoms with Crippen molar-refractivity contribution >= 4 is 22.8 Å². The Balaban J connectivity index is 0.00000420. The van der Waals surface area contributed by atoms with Gasteiger partial charge in [0, 0.05) is 35.9 Å². The molecule has 2 aromatic rings. The molecule has 29 heavy (non-hydrogen) atoms. The Kier molecular flexibility index (Phi) is 9.37. The van der Waals surface area contributed by atoms with Crippen molar-refractivity contribution in [3.05, 3.63) is 51.4 Å². The second-order valence-corrected chi connectivity index (χ2v) is 5.84. The van der Waals surface area contributed by atoms with Crippen LogP contribution in [0, 0.1) is 23.1 Å². The third-order valence-electron chi connectivity index (χ3n) is 3.99. The minimum Gasteiger partial charge on any atom is -0.471 e. The van der Waals surface area contributed by atoms with Gasteiger partial charge in [-0.15, -0.1) is 11.6 Å². The van der Waals surface area contributed by atoms with Crippen LogP contribution in [0.3, 0.4) is 0 Å². The van der Waals surface area contributed by atoms with E-state index in [4.69, 9.17) is 9.47 Å². The van der Waals surface area contributed by atoms with Crippen LogP contribution in [0.1, 0.15) is 43.1 Å². The first-order chi connectivity index (χ1) is 13.4. The Labute approximate surface area is 189 Å². The maximum Gasteiger partial charge on any atom is 1.00 e. The zero-order valence-corrected chi connectivity index (χ0v) is 18.9. The van der Waals surface area contributed by atoms with E-state index in [0.29, 0.717) is 18.5 Å². The number of halogens is 1. The van der Waals surface area contributed by atoms with Crippen molar-refractivity contribution in [2.45, 2.75) is 33.7 Å². The molecular formula is C20H20FN2NaO5. The third-order valence-corrected chi connectivity index (χ3v) is 3.99. The molecule has 1 heterocycles. The smallest absolute Gasteiger partial charge is 0.471 e. The number of rotatable bonds is 7. The molecule has 0 fully saturated rings. The average molecular weight is 410 g/mol. The minimum atomic E-state index is -0.948. The number of nitriles is 1. The van der Waals surface area contributed by atoms with E-state index in [0.717, 1.165) is 6.07 Å². The maximum absolute atomic E-state index is 14.7. The maximum atomic E-state index is 14.7. The topological polar surface area (TPSA) is 98.4 Å². The van der Waals surface area contributed by atoms with Crippen LogP contribution in [0.15, 0.2) is 23.1 Å². The SMILES string of the molecule is CCCn1cc(C(=O)OCC)c(=O)c2cc(F)c([C-](C#N)C(=O)OCC)cc21.[Na+]. The summed E-state index contributed by atoms with van der Waals surface area (Å²) in [7, 11) is 0. The summed E-state index contributed by atoms with van der Waals surface area (Å²) in [6, 6.07) is 3.85. The summed E-state index contributed by atoms with van der Waals surface area (Å²) in [5.41, 5.74) is -0.847. The molecule has 0 saturated heterocycles. The summed E-state index contributed by atoms with van der Waals surface area (Å²) in [5, 5.41) is 9.25. The number of aromatic nitrogens is 1. The van der Waals surface area contributed by atoms with E-state index < -0.39 is 29.1 Å². The summed E-state index contributed by atoms with van der Waals surface area (Å²) < 4.78 is 26.0. The Bertz CT molecular complexity index is 1010. The van der Waals surface area contributed by atoms with Crippen LogP contribution in [0.25, 0.3) is 10.9 Å². The molecule has 0 aliphatic rings. The van der Waals surface area contributed by atoms with E-state index in [1.54, 1.807) is 24.5 Å². The van der Waals surface area contributed by atoms with Crippen LogP contribution in [-0.2, 0) is 20.8 Å². The van der Waals surface area contributed by atoms with Gasteiger partial charge in [0.05, 0.1) is 13.2 Å². The van der Waals surface area contributed by atoms with Crippen molar-refractivity contribution < 1.29 is 53.0 Å². The number of hydrogen-bond acceptors (Lipinski definition) is 6. The quantitative estimate of drug-likeness (QED) is 0.354. The fourth-order valence-corrected chi connectivity index (χ4v) is 2.80. The monoisotopic (exact) mass is 410 g/mol. The summed E-state index contributed by atoms with van der Waals surface area (Å²) in [5.74, 6) is -3.17. The van der Waals surface area contributed by atoms with Gasteiger partial charge in [-0.25, -0.2) is 10.1 Å². The van der Waals surface area contributed by atoms with Crippen molar-refractivity contribution in [1.29, 1.82) is 5.26 Å². The second kappa shape index (κ2) is 11.0. The van der Waals surface area contributed by atoms with Gasteiger partial charge in [-0.05, 0) is 25.8 Å². The first kappa shape index (κ1) is 24.7. The molecule has 0 atom stereocenters. The third kappa shape index (κ3) is 5.18. The zero-order chi connectivity index (χ0) is 20.8. The number of ether oxygens (including phenoxy) is 2. The van der Waals surface area contributed by atoms with E-state index in [9.17, 15) is 24.0 Å². The molecule has 7 nitrogen and oxygen atoms in total. The molecule has 1 aromatic carbocycles. The molecule has 0 bridgehead atoms. The van der Waals surface area contributed by atoms with Crippen molar-refractivity contribution in [3.63, 3.8) is 0 Å². The van der Waals surface area contributed by atoms with Gasteiger partial charge in [-0.3, -0.25) is 14.0 Å². The number of hydrogen-bond donors (Lipinski definition) is 0. The van der Waals surface area contributed by atoms with Gasteiger partial charge in [0.1, 0.15) is 5.56 Å². The van der Waals surface area contributed by atoms with Crippen LogP contribution in [-0.4, -0.2) is 29.7 Å². The van der Waals surface area contributed by atoms with Gasteiger partial charge < -0.3 is 14.0 Å². The average Bonchev–Trinajstić information content (AvgIpc) is 2.66. The molecular weight excluding hydrogens is 390 g/mol. The van der Waals surface area contributed by atoms with Crippen LogP contribution in [0.2, 0.25) is 0 Å². The fraction of sp³-hybridized carbons (Fsp3) is 0.350. The van der Waals surface area contributed by atoms with E-state index in [-0.39, 0.29) is 59.3 Å². The van der Waals surface area contributed by atoms with Crippen molar-refractivity contribution in [2.75, 3.05) is 13.2 Å². The molecule has 0 saturated carbocycles. The van der Waals surface area contributed by atoms with Crippen LogP contribution >= 0.6 is 0 Å². The second-order valence-electron chi connectivity index (χ2n) is 5.84. The predicted octanol–water partition coefficient (Wildman–Crippen LogP) is -0.259. The summed E-state index contributed by atoms with van der Waals surface area (Å²) in [6.07, 6.45) is 2.02. The van der Waals surface area contributed by atoms with Gasteiger partial charge in [-0.2, -0.15) is 0 Å². The van der Waals surface area contributed by atoms with Gasteiger partial charge in [0.25, 0.3) is 5.97 Å².